The predicted molar refractivity (Wildman–Crippen MR) is 61.2 cm³/mol. The van der Waals surface area contributed by atoms with E-state index in [-0.39, 0.29) is 25.1 Å². The Bertz CT molecular complexity index is 275. The van der Waals surface area contributed by atoms with Crippen molar-refractivity contribution in [2.24, 2.45) is 11.8 Å². The summed E-state index contributed by atoms with van der Waals surface area (Å²) in [5, 5.41) is 9.36. The first kappa shape index (κ1) is 11.9. The van der Waals surface area contributed by atoms with Crippen molar-refractivity contribution >= 4 is 0 Å². The van der Waals surface area contributed by atoms with Crippen molar-refractivity contribution in [1.29, 1.82) is 0 Å². The van der Waals surface area contributed by atoms with Crippen molar-refractivity contribution in [2.45, 2.75) is 63.8 Å². The SMILES string of the molecule is CC1(C)O[C@H]2O[C@H](C3CCCC3CO)C[C@H]2O1. The van der Waals surface area contributed by atoms with Crippen LogP contribution in [0.4, 0.5) is 0 Å². The summed E-state index contributed by atoms with van der Waals surface area (Å²) in [5.41, 5.74) is 0. The van der Waals surface area contributed by atoms with Gasteiger partial charge < -0.3 is 19.3 Å². The second-order valence-electron chi connectivity index (χ2n) is 5.99. The lowest BCUT2D eigenvalue weighted by molar-refractivity contribution is -0.211. The Morgan fingerprint density at radius 1 is 1.18 bits per heavy atom. The second kappa shape index (κ2) is 4.19. The van der Waals surface area contributed by atoms with Gasteiger partial charge in [-0.3, -0.25) is 0 Å². The summed E-state index contributed by atoms with van der Waals surface area (Å²) in [7, 11) is 0. The van der Waals surface area contributed by atoms with Crippen LogP contribution in [0.1, 0.15) is 39.5 Å². The van der Waals surface area contributed by atoms with Gasteiger partial charge in [-0.1, -0.05) is 6.42 Å². The highest BCUT2D eigenvalue weighted by Gasteiger charge is 2.51. The van der Waals surface area contributed by atoms with Crippen LogP contribution in [0.5, 0.6) is 0 Å². The number of aliphatic hydroxyl groups is 1. The van der Waals surface area contributed by atoms with Crippen molar-refractivity contribution < 1.29 is 19.3 Å². The minimum absolute atomic E-state index is 0.0787. The van der Waals surface area contributed by atoms with Crippen LogP contribution in [0.3, 0.4) is 0 Å². The highest BCUT2D eigenvalue weighted by Crippen LogP contribution is 2.44. The standard InChI is InChI=1S/C13H22O4/c1-13(2)16-11-6-10(15-12(11)17-13)9-5-3-4-8(9)7-14/h8-12,14H,3-7H2,1-2H3/t8?,9?,10-,11+,12+/m0/s1. The van der Waals surface area contributed by atoms with E-state index in [9.17, 15) is 5.11 Å². The van der Waals surface area contributed by atoms with Gasteiger partial charge in [-0.25, -0.2) is 0 Å². The molecule has 2 aliphatic heterocycles. The van der Waals surface area contributed by atoms with Gasteiger partial charge in [0.25, 0.3) is 0 Å². The van der Waals surface area contributed by atoms with E-state index in [4.69, 9.17) is 14.2 Å². The van der Waals surface area contributed by atoms with Gasteiger partial charge in [0, 0.05) is 13.0 Å². The van der Waals surface area contributed by atoms with E-state index in [0.29, 0.717) is 11.8 Å². The lowest BCUT2D eigenvalue weighted by atomic mass is 9.89. The third-order valence-corrected chi connectivity index (χ3v) is 4.34. The molecular formula is C13H22O4. The zero-order chi connectivity index (χ0) is 12.0. The highest BCUT2D eigenvalue weighted by atomic mass is 16.8. The van der Waals surface area contributed by atoms with Gasteiger partial charge in [-0.2, -0.15) is 0 Å². The summed E-state index contributed by atoms with van der Waals surface area (Å²) in [4.78, 5) is 0. The smallest absolute Gasteiger partial charge is 0.187 e. The van der Waals surface area contributed by atoms with E-state index in [1.807, 2.05) is 13.8 Å². The number of aliphatic hydroxyl groups excluding tert-OH is 1. The minimum Gasteiger partial charge on any atom is -0.396 e. The Morgan fingerprint density at radius 2 is 2.00 bits per heavy atom. The zero-order valence-electron chi connectivity index (χ0n) is 10.6. The molecule has 3 aliphatic rings. The van der Waals surface area contributed by atoms with Crippen molar-refractivity contribution in [2.75, 3.05) is 6.61 Å². The highest BCUT2D eigenvalue weighted by molar-refractivity contribution is 4.92. The van der Waals surface area contributed by atoms with E-state index < -0.39 is 5.79 Å². The van der Waals surface area contributed by atoms with Crippen LogP contribution in [0, 0.1) is 11.8 Å². The summed E-state index contributed by atoms with van der Waals surface area (Å²) in [6, 6.07) is 0. The molecule has 0 aromatic carbocycles. The topological polar surface area (TPSA) is 47.9 Å². The molecule has 0 amide bonds. The average Bonchev–Trinajstić information content (AvgIpc) is 2.87. The lowest BCUT2D eigenvalue weighted by Gasteiger charge is -2.26. The first-order valence-corrected chi connectivity index (χ1v) is 6.71. The predicted octanol–water partition coefficient (Wildman–Crippen LogP) is 1.66. The number of hydrogen-bond acceptors (Lipinski definition) is 4. The molecule has 2 unspecified atom stereocenters. The summed E-state index contributed by atoms with van der Waals surface area (Å²) >= 11 is 0. The van der Waals surface area contributed by atoms with Gasteiger partial charge >= 0.3 is 0 Å². The number of rotatable bonds is 2. The molecule has 3 rings (SSSR count). The van der Waals surface area contributed by atoms with Gasteiger partial charge in [-0.15, -0.1) is 0 Å². The molecule has 0 aromatic heterocycles. The van der Waals surface area contributed by atoms with Gasteiger partial charge in [-0.05, 0) is 38.5 Å². The molecule has 17 heavy (non-hydrogen) atoms. The van der Waals surface area contributed by atoms with Crippen LogP contribution in [0.15, 0.2) is 0 Å². The van der Waals surface area contributed by atoms with Crippen LogP contribution >= 0.6 is 0 Å². The Balaban J connectivity index is 1.63. The van der Waals surface area contributed by atoms with Crippen LogP contribution in [-0.2, 0) is 14.2 Å². The molecule has 2 saturated heterocycles. The molecule has 4 nitrogen and oxygen atoms in total. The molecule has 5 atom stereocenters. The number of hydrogen-bond donors (Lipinski definition) is 1. The Morgan fingerprint density at radius 3 is 2.71 bits per heavy atom. The quantitative estimate of drug-likeness (QED) is 0.800. The van der Waals surface area contributed by atoms with Gasteiger partial charge in [0.05, 0.1) is 6.10 Å². The normalized spacial score (nSPS) is 48.5. The maximum atomic E-state index is 9.36. The molecule has 2 heterocycles. The fourth-order valence-corrected chi connectivity index (χ4v) is 3.59. The van der Waals surface area contributed by atoms with Crippen LogP contribution in [0.2, 0.25) is 0 Å². The van der Waals surface area contributed by atoms with Gasteiger partial charge in [0.15, 0.2) is 12.1 Å². The Labute approximate surface area is 102 Å². The second-order valence-corrected chi connectivity index (χ2v) is 5.99. The Hall–Kier alpha value is -0.160. The van der Waals surface area contributed by atoms with Crippen LogP contribution < -0.4 is 0 Å². The first-order valence-electron chi connectivity index (χ1n) is 6.71. The summed E-state index contributed by atoms with van der Waals surface area (Å²) in [6.45, 7) is 4.14. The maximum Gasteiger partial charge on any atom is 0.187 e. The fourth-order valence-electron chi connectivity index (χ4n) is 3.59. The van der Waals surface area contributed by atoms with Crippen molar-refractivity contribution in [3.8, 4) is 0 Å². The molecule has 0 aromatic rings. The van der Waals surface area contributed by atoms with Crippen molar-refractivity contribution in [1.82, 2.24) is 0 Å². The average molecular weight is 242 g/mol. The van der Waals surface area contributed by atoms with Crippen LogP contribution in [0.25, 0.3) is 0 Å². The van der Waals surface area contributed by atoms with Crippen LogP contribution in [-0.4, -0.2) is 36.0 Å². The molecular weight excluding hydrogens is 220 g/mol. The largest absolute Gasteiger partial charge is 0.396 e. The molecule has 1 saturated carbocycles. The summed E-state index contributed by atoms with van der Waals surface area (Å²) in [5.74, 6) is 0.388. The zero-order valence-corrected chi connectivity index (χ0v) is 10.6. The lowest BCUT2D eigenvalue weighted by Crippen LogP contribution is -2.30. The Kier molecular flexibility index (Phi) is 2.94. The van der Waals surface area contributed by atoms with Gasteiger partial charge in [0.1, 0.15) is 6.10 Å². The van der Waals surface area contributed by atoms with Gasteiger partial charge in [0.2, 0.25) is 0 Å². The summed E-state index contributed by atoms with van der Waals surface area (Å²) < 4.78 is 17.5. The van der Waals surface area contributed by atoms with E-state index in [0.717, 1.165) is 12.8 Å². The third-order valence-electron chi connectivity index (χ3n) is 4.34. The molecule has 3 fully saturated rings. The monoisotopic (exact) mass is 242 g/mol. The molecule has 0 radical (unpaired) electrons. The first-order chi connectivity index (χ1) is 8.09. The number of ether oxygens (including phenoxy) is 3. The number of fused-ring (bicyclic) bond motifs is 1. The van der Waals surface area contributed by atoms with E-state index in [2.05, 4.69) is 0 Å². The molecule has 1 N–H and O–H groups in total. The molecule has 98 valence electrons. The summed E-state index contributed by atoms with van der Waals surface area (Å²) in [6.07, 6.45) is 4.50. The van der Waals surface area contributed by atoms with Crippen molar-refractivity contribution in [3.63, 3.8) is 0 Å². The van der Waals surface area contributed by atoms with E-state index in [1.54, 1.807) is 0 Å². The minimum atomic E-state index is -0.508. The molecule has 4 heteroatoms. The molecule has 0 spiro atoms. The maximum absolute atomic E-state index is 9.36. The molecule has 0 bridgehead atoms. The van der Waals surface area contributed by atoms with E-state index >= 15 is 0 Å². The molecule has 1 aliphatic carbocycles. The fraction of sp³-hybridized carbons (Fsp3) is 1.00. The van der Waals surface area contributed by atoms with E-state index in [1.165, 1.54) is 12.8 Å². The van der Waals surface area contributed by atoms with Crippen molar-refractivity contribution in [3.05, 3.63) is 0 Å². The third kappa shape index (κ3) is 2.12.